The maximum atomic E-state index is 12.0. The molecule has 2 aliphatic rings. The lowest BCUT2D eigenvalue weighted by Gasteiger charge is -2.14. The van der Waals surface area contributed by atoms with Gasteiger partial charge in [0, 0.05) is 25.0 Å². The molecule has 0 N–H and O–H groups in total. The molecule has 1 aromatic carbocycles. The third kappa shape index (κ3) is 5.05. The maximum absolute atomic E-state index is 12.0. The molecule has 0 aromatic heterocycles. The number of benzene rings is 1. The minimum Gasteiger partial charge on any atom is -0.491 e. The van der Waals surface area contributed by atoms with Crippen molar-refractivity contribution in [3.05, 3.63) is 42.0 Å². The first kappa shape index (κ1) is 20.2. The SMILES string of the molecule is O=C(ON1C(=O)CCC1=O)c1ccc(OCCOCCN2C(=O)C=CC2=O)cc1. The van der Waals surface area contributed by atoms with Crippen molar-refractivity contribution in [2.24, 2.45) is 0 Å². The number of nitrogens with zero attached hydrogens (tertiary/aromatic N) is 2. The summed E-state index contributed by atoms with van der Waals surface area (Å²) in [4.78, 5) is 63.6. The second-order valence-corrected chi connectivity index (χ2v) is 6.11. The van der Waals surface area contributed by atoms with Gasteiger partial charge in [0.1, 0.15) is 12.4 Å². The van der Waals surface area contributed by atoms with Gasteiger partial charge in [0.2, 0.25) is 0 Å². The summed E-state index contributed by atoms with van der Waals surface area (Å²) in [6.07, 6.45) is 2.49. The smallest absolute Gasteiger partial charge is 0.363 e. The van der Waals surface area contributed by atoms with Crippen LogP contribution in [0.3, 0.4) is 0 Å². The Morgan fingerprint density at radius 1 is 0.862 bits per heavy atom. The largest absolute Gasteiger partial charge is 0.491 e. The van der Waals surface area contributed by atoms with E-state index in [0.29, 0.717) is 10.8 Å². The second kappa shape index (κ2) is 9.11. The van der Waals surface area contributed by atoms with Crippen LogP contribution < -0.4 is 4.74 Å². The van der Waals surface area contributed by atoms with Crippen molar-refractivity contribution in [1.82, 2.24) is 9.96 Å². The monoisotopic (exact) mass is 402 g/mol. The molecule has 0 saturated carbocycles. The number of carbonyl (C=O) groups is 5. The Morgan fingerprint density at radius 2 is 1.48 bits per heavy atom. The van der Waals surface area contributed by atoms with Crippen LogP contribution in [0.1, 0.15) is 23.2 Å². The van der Waals surface area contributed by atoms with Crippen LogP contribution in [-0.2, 0) is 28.8 Å². The van der Waals surface area contributed by atoms with Gasteiger partial charge in [-0.2, -0.15) is 0 Å². The highest BCUT2D eigenvalue weighted by atomic mass is 16.7. The number of hydrogen-bond acceptors (Lipinski definition) is 8. The molecule has 0 aliphatic carbocycles. The zero-order chi connectivity index (χ0) is 20.8. The van der Waals surface area contributed by atoms with Crippen LogP contribution in [0.15, 0.2) is 36.4 Å². The Morgan fingerprint density at radius 3 is 2.10 bits per heavy atom. The van der Waals surface area contributed by atoms with Crippen molar-refractivity contribution in [3.8, 4) is 5.75 Å². The van der Waals surface area contributed by atoms with Crippen LogP contribution in [0, 0.1) is 0 Å². The Kier molecular flexibility index (Phi) is 6.35. The topological polar surface area (TPSA) is 120 Å². The Labute approximate surface area is 165 Å². The summed E-state index contributed by atoms with van der Waals surface area (Å²) in [6.45, 7) is 0.831. The van der Waals surface area contributed by atoms with E-state index in [-0.39, 0.29) is 56.6 Å². The third-order valence-corrected chi connectivity index (χ3v) is 4.13. The van der Waals surface area contributed by atoms with Crippen LogP contribution in [0.25, 0.3) is 0 Å². The van der Waals surface area contributed by atoms with Crippen LogP contribution in [0.5, 0.6) is 5.75 Å². The quantitative estimate of drug-likeness (QED) is 0.425. The number of hydrogen-bond donors (Lipinski definition) is 0. The molecule has 10 heteroatoms. The standard InChI is InChI=1S/C19H18N2O8/c22-15-5-6-16(23)20(15)9-10-27-11-12-28-14-3-1-13(2-4-14)19(26)29-21-17(24)7-8-18(21)25/h1-6H,7-12H2. The predicted octanol–water partition coefficient (Wildman–Crippen LogP) is 0.228. The summed E-state index contributed by atoms with van der Waals surface area (Å²) in [6, 6.07) is 5.97. The van der Waals surface area contributed by atoms with Crippen LogP contribution in [0.4, 0.5) is 0 Å². The van der Waals surface area contributed by atoms with Gasteiger partial charge in [-0.3, -0.25) is 24.1 Å². The van der Waals surface area contributed by atoms with E-state index in [2.05, 4.69) is 0 Å². The van der Waals surface area contributed by atoms with Crippen molar-refractivity contribution >= 4 is 29.6 Å². The first-order chi connectivity index (χ1) is 14.0. The molecule has 0 unspecified atom stereocenters. The van der Waals surface area contributed by atoms with E-state index in [4.69, 9.17) is 14.3 Å². The summed E-state index contributed by atoms with van der Waals surface area (Å²) in [5, 5.41) is 0.490. The number of carbonyl (C=O) groups excluding carboxylic acids is 5. The molecule has 2 aliphatic heterocycles. The van der Waals surface area contributed by atoms with E-state index < -0.39 is 17.8 Å². The van der Waals surface area contributed by atoms with Gasteiger partial charge in [-0.1, -0.05) is 0 Å². The number of imide groups is 2. The Balaban J connectivity index is 1.35. The Bertz CT molecular complexity index is 827. The molecule has 1 fully saturated rings. The molecular weight excluding hydrogens is 384 g/mol. The maximum Gasteiger partial charge on any atom is 0.363 e. The van der Waals surface area contributed by atoms with Gasteiger partial charge in [0.25, 0.3) is 23.6 Å². The van der Waals surface area contributed by atoms with E-state index in [0.717, 1.165) is 4.90 Å². The van der Waals surface area contributed by atoms with E-state index in [9.17, 15) is 24.0 Å². The van der Waals surface area contributed by atoms with Gasteiger partial charge in [-0.15, -0.1) is 5.06 Å². The summed E-state index contributed by atoms with van der Waals surface area (Å²) in [5.41, 5.74) is 0.162. The zero-order valence-electron chi connectivity index (χ0n) is 15.4. The highest BCUT2D eigenvalue weighted by molar-refractivity contribution is 6.12. The highest BCUT2D eigenvalue weighted by Crippen LogP contribution is 2.16. The summed E-state index contributed by atoms with van der Waals surface area (Å²) in [5.74, 6) is -2.13. The second-order valence-electron chi connectivity index (χ2n) is 6.11. The molecule has 10 nitrogen and oxygen atoms in total. The van der Waals surface area contributed by atoms with Crippen molar-refractivity contribution in [2.45, 2.75) is 12.8 Å². The minimum absolute atomic E-state index is 0.0303. The molecule has 1 aromatic rings. The molecule has 152 valence electrons. The summed E-state index contributed by atoms with van der Waals surface area (Å²) >= 11 is 0. The van der Waals surface area contributed by atoms with E-state index >= 15 is 0 Å². The number of ether oxygens (including phenoxy) is 2. The lowest BCUT2D eigenvalue weighted by atomic mass is 10.2. The van der Waals surface area contributed by atoms with Crippen LogP contribution in [0.2, 0.25) is 0 Å². The lowest BCUT2D eigenvalue weighted by Crippen LogP contribution is -2.33. The molecule has 0 radical (unpaired) electrons. The fourth-order valence-corrected chi connectivity index (χ4v) is 2.61. The summed E-state index contributed by atoms with van der Waals surface area (Å²) in [7, 11) is 0. The molecule has 0 atom stereocenters. The van der Waals surface area contributed by atoms with Crippen molar-refractivity contribution in [2.75, 3.05) is 26.4 Å². The average Bonchev–Trinajstić information content (AvgIpc) is 3.20. The first-order valence-corrected chi connectivity index (χ1v) is 8.88. The molecular formula is C19H18N2O8. The molecule has 2 heterocycles. The van der Waals surface area contributed by atoms with Gasteiger partial charge >= 0.3 is 5.97 Å². The lowest BCUT2D eigenvalue weighted by molar-refractivity contribution is -0.172. The predicted molar refractivity (Wildman–Crippen MR) is 95.1 cm³/mol. The van der Waals surface area contributed by atoms with E-state index in [1.54, 1.807) is 0 Å². The molecule has 1 saturated heterocycles. The van der Waals surface area contributed by atoms with Crippen molar-refractivity contribution in [1.29, 1.82) is 0 Å². The zero-order valence-corrected chi connectivity index (χ0v) is 15.4. The first-order valence-electron chi connectivity index (χ1n) is 8.88. The molecule has 29 heavy (non-hydrogen) atoms. The number of hydroxylamine groups is 2. The minimum atomic E-state index is -0.816. The van der Waals surface area contributed by atoms with Crippen LogP contribution >= 0.6 is 0 Å². The van der Waals surface area contributed by atoms with Gasteiger partial charge in [0.15, 0.2) is 0 Å². The van der Waals surface area contributed by atoms with Gasteiger partial charge in [-0.25, -0.2) is 4.79 Å². The average molecular weight is 402 g/mol. The number of amides is 4. The molecule has 0 bridgehead atoms. The third-order valence-electron chi connectivity index (χ3n) is 4.13. The fraction of sp³-hybridized carbons (Fsp3) is 0.316. The number of rotatable bonds is 9. The Hall–Kier alpha value is -3.53. The van der Waals surface area contributed by atoms with E-state index in [1.165, 1.54) is 36.4 Å². The van der Waals surface area contributed by atoms with Gasteiger partial charge < -0.3 is 14.3 Å². The molecule has 3 rings (SSSR count). The van der Waals surface area contributed by atoms with Crippen molar-refractivity contribution < 1.29 is 38.3 Å². The molecule has 0 spiro atoms. The van der Waals surface area contributed by atoms with Crippen LogP contribution in [-0.4, -0.2) is 65.9 Å². The van der Waals surface area contributed by atoms with E-state index in [1.807, 2.05) is 0 Å². The normalized spacial score (nSPS) is 16.1. The fourth-order valence-electron chi connectivity index (χ4n) is 2.61. The van der Waals surface area contributed by atoms with Gasteiger partial charge in [-0.05, 0) is 24.3 Å². The summed E-state index contributed by atoms with van der Waals surface area (Å²) < 4.78 is 10.8. The van der Waals surface area contributed by atoms with Crippen molar-refractivity contribution in [3.63, 3.8) is 0 Å². The van der Waals surface area contributed by atoms with Gasteiger partial charge in [0.05, 0.1) is 25.3 Å². The highest BCUT2D eigenvalue weighted by Gasteiger charge is 2.33. The molecule has 4 amide bonds.